The SMILES string of the molecule is O=C(NNC(=O)c1ccccc1Cl)NC1CCCCC1. The number of hydrazine groups is 1. The minimum absolute atomic E-state index is 0.195. The number of carbonyl (C=O) groups is 2. The van der Waals surface area contributed by atoms with E-state index in [0.717, 1.165) is 25.7 Å². The van der Waals surface area contributed by atoms with E-state index in [1.54, 1.807) is 24.3 Å². The van der Waals surface area contributed by atoms with E-state index in [2.05, 4.69) is 16.2 Å². The van der Waals surface area contributed by atoms with E-state index in [0.29, 0.717) is 10.6 Å². The summed E-state index contributed by atoms with van der Waals surface area (Å²) in [6.45, 7) is 0. The fraction of sp³-hybridized carbons (Fsp3) is 0.429. The van der Waals surface area contributed by atoms with Crippen molar-refractivity contribution in [3.63, 3.8) is 0 Å². The van der Waals surface area contributed by atoms with E-state index in [1.165, 1.54) is 6.42 Å². The Balaban J connectivity index is 1.78. The van der Waals surface area contributed by atoms with Gasteiger partial charge in [0.05, 0.1) is 10.6 Å². The Hall–Kier alpha value is -1.75. The molecule has 0 aliphatic heterocycles. The molecule has 6 heteroatoms. The fourth-order valence-electron chi connectivity index (χ4n) is 2.29. The van der Waals surface area contributed by atoms with Crippen LogP contribution in [-0.4, -0.2) is 18.0 Å². The zero-order valence-electron chi connectivity index (χ0n) is 11.1. The second-order valence-electron chi connectivity index (χ2n) is 4.87. The summed E-state index contributed by atoms with van der Waals surface area (Å²) in [6, 6.07) is 6.47. The van der Waals surface area contributed by atoms with Gasteiger partial charge in [-0.3, -0.25) is 10.2 Å². The topological polar surface area (TPSA) is 70.2 Å². The standard InChI is InChI=1S/C14H18ClN3O2/c15-12-9-5-4-8-11(12)13(19)17-18-14(20)16-10-6-2-1-3-7-10/h4-5,8-10H,1-3,6-7H2,(H,17,19)(H2,16,18,20). The summed E-state index contributed by atoms with van der Waals surface area (Å²) in [5.74, 6) is -0.436. The molecule has 20 heavy (non-hydrogen) atoms. The van der Waals surface area contributed by atoms with E-state index in [1.807, 2.05) is 0 Å². The molecule has 1 saturated carbocycles. The Bertz CT molecular complexity index is 487. The second kappa shape index (κ2) is 7.14. The highest BCUT2D eigenvalue weighted by atomic mass is 35.5. The molecule has 0 atom stereocenters. The highest BCUT2D eigenvalue weighted by Gasteiger charge is 2.16. The van der Waals surface area contributed by atoms with E-state index in [9.17, 15) is 9.59 Å². The minimum Gasteiger partial charge on any atom is -0.334 e. The fourth-order valence-corrected chi connectivity index (χ4v) is 2.52. The Morgan fingerprint density at radius 3 is 2.45 bits per heavy atom. The molecule has 1 aromatic rings. The van der Waals surface area contributed by atoms with Crippen molar-refractivity contribution in [3.05, 3.63) is 34.9 Å². The van der Waals surface area contributed by atoms with Crippen LogP contribution < -0.4 is 16.2 Å². The maximum atomic E-state index is 11.8. The van der Waals surface area contributed by atoms with Crippen molar-refractivity contribution < 1.29 is 9.59 Å². The summed E-state index contributed by atoms with van der Waals surface area (Å²) in [5.41, 5.74) is 5.02. The number of carbonyl (C=O) groups excluding carboxylic acids is 2. The lowest BCUT2D eigenvalue weighted by Gasteiger charge is -2.22. The predicted octanol–water partition coefficient (Wildman–Crippen LogP) is 2.62. The lowest BCUT2D eigenvalue weighted by molar-refractivity contribution is 0.0935. The molecular weight excluding hydrogens is 278 g/mol. The first-order valence-electron chi connectivity index (χ1n) is 6.78. The molecule has 1 aromatic carbocycles. The molecule has 0 saturated heterocycles. The first-order valence-corrected chi connectivity index (χ1v) is 7.16. The highest BCUT2D eigenvalue weighted by Crippen LogP contribution is 2.17. The minimum atomic E-state index is -0.436. The van der Waals surface area contributed by atoms with E-state index in [-0.39, 0.29) is 6.04 Å². The molecule has 108 valence electrons. The van der Waals surface area contributed by atoms with Gasteiger partial charge in [-0.05, 0) is 25.0 Å². The van der Waals surface area contributed by atoms with Crippen molar-refractivity contribution >= 4 is 23.5 Å². The number of urea groups is 1. The maximum Gasteiger partial charge on any atom is 0.333 e. The van der Waals surface area contributed by atoms with Gasteiger partial charge in [0.2, 0.25) is 0 Å². The van der Waals surface area contributed by atoms with Crippen molar-refractivity contribution in [3.8, 4) is 0 Å². The zero-order chi connectivity index (χ0) is 14.4. The molecular formula is C14H18ClN3O2. The zero-order valence-corrected chi connectivity index (χ0v) is 11.9. The van der Waals surface area contributed by atoms with Gasteiger partial charge in [-0.25, -0.2) is 10.2 Å². The van der Waals surface area contributed by atoms with Crippen LogP contribution in [0.3, 0.4) is 0 Å². The molecule has 0 radical (unpaired) electrons. The predicted molar refractivity (Wildman–Crippen MR) is 77.5 cm³/mol. The average molecular weight is 296 g/mol. The molecule has 0 heterocycles. The molecule has 3 amide bonds. The van der Waals surface area contributed by atoms with Crippen LogP contribution in [0.1, 0.15) is 42.5 Å². The van der Waals surface area contributed by atoms with Crippen LogP contribution in [0, 0.1) is 0 Å². The number of hydrogen-bond acceptors (Lipinski definition) is 2. The smallest absolute Gasteiger partial charge is 0.333 e. The van der Waals surface area contributed by atoms with E-state index >= 15 is 0 Å². The summed E-state index contributed by atoms with van der Waals surface area (Å²) >= 11 is 5.90. The highest BCUT2D eigenvalue weighted by molar-refractivity contribution is 6.33. The number of halogens is 1. The van der Waals surface area contributed by atoms with Crippen molar-refractivity contribution in [2.75, 3.05) is 0 Å². The average Bonchev–Trinajstić information content (AvgIpc) is 2.46. The van der Waals surface area contributed by atoms with Gasteiger partial charge in [0.25, 0.3) is 5.91 Å². The van der Waals surface area contributed by atoms with Crippen molar-refractivity contribution in [2.45, 2.75) is 38.1 Å². The van der Waals surface area contributed by atoms with Gasteiger partial charge < -0.3 is 5.32 Å². The van der Waals surface area contributed by atoms with Crippen LogP contribution in [-0.2, 0) is 0 Å². The van der Waals surface area contributed by atoms with Gasteiger partial charge >= 0.3 is 6.03 Å². The monoisotopic (exact) mass is 295 g/mol. The summed E-state index contributed by atoms with van der Waals surface area (Å²) in [5, 5.41) is 3.19. The largest absolute Gasteiger partial charge is 0.334 e. The molecule has 1 fully saturated rings. The van der Waals surface area contributed by atoms with Gasteiger partial charge in [-0.15, -0.1) is 0 Å². The molecule has 5 nitrogen and oxygen atoms in total. The number of amides is 3. The maximum absolute atomic E-state index is 11.8. The Morgan fingerprint density at radius 1 is 1.05 bits per heavy atom. The molecule has 3 N–H and O–H groups in total. The van der Waals surface area contributed by atoms with Gasteiger partial charge in [0.1, 0.15) is 0 Å². The van der Waals surface area contributed by atoms with E-state index in [4.69, 9.17) is 11.6 Å². The third kappa shape index (κ3) is 4.13. The molecule has 0 aromatic heterocycles. The number of nitrogens with one attached hydrogen (secondary N) is 3. The normalized spacial score (nSPS) is 15.4. The van der Waals surface area contributed by atoms with Gasteiger partial charge in [-0.2, -0.15) is 0 Å². The van der Waals surface area contributed by atoms with Crippen LogP contribution in [0.5, 0.6) is 0 Å². The van der Waals surface area contributed by atoms with Gasteiger partial charge in [0, 0.05) is 6.04 Å². The summed E-state index contributed by atoms with van der Waals surface area (Å²) in [7, 11) is 0. The summed E-state index contributed by atoms with van der Waals surface area (Å²) in [4.78, 5) is 23.5. The lowest BCUT2D eigenvalue weighted by Crippen LogP contribution is -2.50. The van der Waals surface area contributed by atoms with Gasteiger partial charge in [0.15, 0.2) is 0 Å². The van der Waals surface area contributed by atoms with Crippen LogP contribution in [0.15, 0.2) is 24.3 Å². The molecule has 2 rings (SSSR count). The first kappa shape index (κ1) is 14.7. The Kier molecular flexibility index (Phi) is 5.24. The molecule has 0 unspecified atom stereocenters. The number of benzene rings is 1. The summed E-state index contributed by atoms with van der Waals surface area (Å²) < 4.78 is 0. The van der Waals surface area contributed by atoms with Crippen molar-refractivity contribution in [1.29, 1.82) is 0 Å². The van der Waals surface area contributed by atoms with Crippen LogP contribution in [0.2, 0.25) is 5.02 Å². The second-order valence-corrected chi connectivity index (χ2v) is 5.27. The van der Waals surface area contributed by atoms with Crippen LogP contribution in [0.4, 0.5) is 4.79 Å². The number of hydrogen-bond donors (Lipinski definition) is 3. The molecule has 1 aliphatic carbocycles. The molecule has 0 spiro atoms. The Morgan fingerprint density at radius 2 is 1.75 bits per heavy atom. The first-order chi connectivity index (χ1) is 9.66. The molecule has 0 bridgehead atoms. The Labute approximate surface area is 123 Å². The van der Waals surface area contributed by atoms with Crippen LogP contribution in [0.25, 0.3) is 0 Å². The van der Waals surface area contributed by atoms with E-state index < -0.39 is 11.9 Å². The third-order valence-electron chi connectivity index (χ3n) is 3.35. The lowest BCUT2D eigenvalue weighted by atomic mass is 9.96. The van der Waals surface area contributed by atoms with Gasteiger partial charge in [-0.1, -0.05) is 43.0 Å². The number of rotatable bonds is 2. The van der Waals surface area contributed by atoms with Crippen molar-refractivity contribution in [1.82, 2.24) is 16.2 Å². The van der Waals surface area contributed by atoms with Crippen molar-refractivity contribution in [2.24, 2.45) is 0 Å². The van der Waals surface area contributed by atoms with Crippen LogP contribution >= 0.6 is 11.6 Å². The molecule has 1 aliphatic rings. The third-order valence-corrected chi connectivity index (χ3v) is 3.68. The summed E-state index contributed by atoms with van der Waals surface area (Å²) in [6.07, 6.45) is 5.48. The quantitative estimate of drug-likeness (QED) is 0.734.